The van der Waals surface area contributed by atoms with Crippen molar-refractivity contribution in [3.8, 4) is 5.75 Å². The van der Waals surface area contributed by atoms with Gasteiger partial charge in [-0.05, 0) is 24.6 Å². The second-order valence-corrected chi connectivity index (χ2v) is 5.39. The lowest BCUT2D eigenvalue weighted by molar-refractivity contribution is 0.473. The van der Waals surface area contributed by atoms with E-state index >= 15 is 0 Å². The van der Waals surface area contributed by atoms with Crippen molar-refractivity contribution in [2.45, 2.75) is 6.42 Å². The van der Waals surface area contributed by atoms with Gasteiger partial charge in [0.2, 0.25) is 0 Å². The number of aromatic hydroxyl groups is 1. The summed E-state index contributed by atoms with van der Waals surface area (Å²) in [6.45, 7) is 0. The van der Waals surface area contributed by atoms with Gasteiger partial charge < -0.3 is 9.52 Å². The van der Waals surface area contributed by atoms with Crippen LogP contribution in [0.15, 0.2) is 33.5 Å². The van der Waals surface area contributed by atoms with E-state index in [2.05, 4.69) is 0 Å². The Kier molecular flexibility index (Phi) is 3.10. The summed E-state index contributed by atoms with van der Waals surface area (Å²) < 4.78 is 34.8. The molecule has 0 aliphatic carbocycles. The largest absolute Gasteiger partial charge is 0.508 e. The summed E-state index contributed by atoms with van der Waals surface area (Å²) in [5.41, 5.74) is -0.307. The normalized spacial score (nSPS) is 11.8. The number of aryl methyl sites for hydroxylation is 1. The van der Waals surface area contributed by atoms with E-state index in [9.17, 15) is 18.3 Å². The molecule has 0 aliphatic heterocycles. The maximum atomic E-state index is 11.5. The molecule has 0 bridgehead atoms. The molecule has 0 aliphatic rings. The Morgan fingerprint density at radius 1 is 1.22 bits per heavy atom. The zero-order valence-corrected chi connectivity index (χ0v) is 9.98. The first-order valence-electron chi connectivity index (χ1n) is 5.06. The summed E-state index contributed by atoms with van der Waals surface area (Å²) in [4.78, 5) is 11.5. The van der Waals surface area contributed by atoms with Crippen molar-refractivity contribution in [2.75, 3.05) is 5.75 Å². The SMILES string of the molecule is O=c1oc2cc(O)ccc2cc1CCS(=O)(=O)O. The average molecular weight is 270 g/mol. The first kappa shape index (κ1) is 12.6. The van der Waals surface area contributed by atoms with Crippen LogP contribution < -0.4 is 5.63 Å². The number of hydrogen-bond acceptors (Lipinski definition) is 5. The number of hydrogen-bond donors (Lipinski definition) is 2. The first-order valence-corrected chi connectivity index (χ1v) is 6.67. The minimum Gasteiger partial charge on any atom is -0.508 e. The van der Waals surface area contributed by atoms with Crippen molar-refractivity contribution in [3.63, 3.8) is 0 Å². The summed E-state index contributed by atoms with van der Waals surface area (Å²) in [5.74, 6) is -0.571. The van der Waals surface area contributed by atoms with Crippen LogP contribution in [-0.2, 0) is 16.5 Å². The van der Waals surface area contributed by atoms with Gasteiger partial charge in [-0.3, -0.25) is 4.55 Å². The summed E-state index contributed by atoms with van der Waals surface area (Å²) in [6.07, 6.45) is -0.127. The van der Waals surface area contributed by atoms with E-state index in [4.69, 9.17) is 8.97 Å². The van der Waals surface area contributed by atoms with Crippen LogP contribution >= 0.6 is 0 Å². The molecule has 1 heterocycles. The Morgan fingerprint density at radius 3 is 2.61 bits per heavy atom. The number of phenols is 1. The quantitative estimate of drug-likeness (QED) is 0.635. The third kappa shape index (κ3) is 2.88. The lowest BCUT2D eigenvalue weighted by atomic mass is 10.1. The fraction of sp³-hybridized carbons (Fsp3) is 0.182. The predicted octanol–water partition coefficient (Wildman–Crippen LogP) is 0.929. The van der Waals surface area contributed by atoms with Gasteiger partial charge in [0.15, 0.2) is 0 Å². The van der Waals surface area contributed by atoms with E-state index in [1.165, 1.54) is 18.2 Å². The number of rotatable bonds is 3. The molecule has 0 radical (unpaired) electrons. The monoisotopic (exact) mass is 270 g/mol. The zero-order valence-electron chi connectivity index (χ0n) is 9.16. The summed E-state index contributed by atoms with van der Waals surface area (Å²) in [6, 6.07) is 5.74. The predicted molar refractivity (Wildman–Crippen MR) is 64.3 cm³/mol. The van der Waals surface area contributed by atoms with Crippen LogP contribution in [0.5, 0.6) is 5.75 Å². The Hall–Kier alpha value is -1.86. The lowest BCUT2D eigenvalue weighted by Crippen LogP contribution is -2.13. The van der Waals surface area contributed by atoms with Crippen molar-refractivity contribution >= 4 is 21.1 Å². The van der Waals surface area contributed by atoms with Crippen LogP contribution in [0.3, 0.4) is 0 Å². The molecule has 7 heteroatoms. The zero-order chi connectivity index (χ0) is 13.3. The molecule has 1 aromatic heterocycles. The Labute approximate surface area is 102 Å². The second-order valence-electron chi connectivity index (χ2n) is 3.82. The van der Waals surface area contributed by atoms with Gasteiger partial charge in [-0.25, -0.2) is 4.79 Å². The van der Waals surface area contributed by atoms with Crippen LogP contribution in [0.2, 0.25) is 0 Å². The molecule has 6 nitrogen and oxygen atoms in total. The van der Waals surface area contributed by atoms with Crippen molar-refractivity contribution in [1.82, 2.24) is 0 Å². The van der Waals surface area contributed by atoms with Gasteiger partial charge in [-0.15, -0.1) is 0 Å². The molecule has 0 spiro atoms. The van der Waals surface area contributed by atoms with Gasteiger partial charge in [0.25, 0.3) is 10.1 Å². The molecular formula is C11H10O6S. The highest BCUT2D eigenvalue weighted by molar-refractivity contribution is 7.85. The maximum Gasteiger partial charge on any atom is 0.339 e. The minimum atomic E-state index is -4.12. The van der Waals surface area contributed by atoms with Crippen LogP contribution in [0.4, 0.5) is 0 Å². The third-order valence-corrected chi connectivity index (χ3v) is 3.14. The highest BCUT2D eigenvalue weighted by Crippen LogP contribution is 2.19. The highest BCUT2D eigenvalue weighted by Gasteiger charge is 2.10. The van der Waals surface area contributed by atoms with Crippen LogP contribution in [0, 0.1) is 0 Å². The molecule has 0 unspecified atom stereocenters. The number of benzene rings is 1. The van der Waals surface area contributed by atoms with E-state index in [0.29, 0.717) is 5.39 Å². The van der Waals surface area contributed by atoms with Crippen molar-refractivity contribution in [2.24, 2.45) is 0 Å². The molecular weight excluding hydrogens is 260 g/mol. The highest BCUT2D eigenvalue weighted by atomic mass is 32.2. The van der Waals surface area contributed by atoms with E-state index in [1.807, 2.05) is 0 Å². The van der Waals surface area contributed by atoms with Gasteiger partial charge in [-0.2, -0.15) is 8.42 Å². The van der Waals surface area contributed by atoms with Gasteiger partial charge >= 0.3 is 5.63 Å². The number of fused-ring (bicyclic) bond motifs is 1. The van der Waals surface area contributed by atoms with Crippen molar-refractivity contribution in [1.29, 1.82) is 0 Å². The smallest absolute Gasteiger partial charge is 0.339 e. The van der Waals surface area contributed by atoms with Crippen molar-refractivity contribution in [3.05, 3.63) is 40.2 Å². The number of phenolic OH excluding ortho intramolecular Hbond substituents is 1. The molecule has 2 N–H and O–H groups in total. The lowest BCUT2D eigenvalue weighted by Gasteiger charge is -2.01. The summed E-state index contributed by atoms with van der Waals surface area (Å²) >= 11 is 0. The van der Waals surface area contributed by atoms with Gasteiger partial charge in [0, 0.05) is 17.0 Å². The molecule has 0 fully saturated rings. The van der Waals surface area contributed by atoms with Gasteiger partial charge in [-0.1, -0.05) is 0 Å². The minimum absolute atomic E-state index is 0.0312. The fourth-order valence-electron chi connectivity index (χ4n) is 1.56. The van der Waals surface area contributed by atoms with Gasteiger partial charge in [0.05, 0.1) is 5.75 Å². The van der Waals surface area contributed by atoms with Gasteiger partial charge in [0.1, 0.15) is 11.3 Å². The maximum absolute atomic E-state index is 11.5. The summed E-state index contributed by atoms with van der Waals surface area (Å²) in [7, 11) is -4.12. The molecule has 96 valence electrons. The standard InChI is InChI=1S/C11H10O6S/c12-9-2-1-7-5-8(3-4-18(14,15)16)11(13)17-10(7)6-9/h1-2,5-6,12H,3-4H2,(H,14,15,16). The summed E-state index contributed by atoms with van der Waals surface area (Å²) in [5, 5.41) is 9.79. The Bertz CT molecular complexity index is 744. The third-order valence-electron chi connectivity index (χ3n) is 2.42. The molecule has 0 saturated heterocycles. The molecule has 2 aromatic rings. The van der Waals surface area contributed by atoms with Crippen molar-refractivity contribution < 1.29 is 22.5 Å². The molecule has 0 atom stereocenters. The van der Waals surface area contributed by atoms with E-state index in [1.54, 1.807) is 6.07 Å². The molecule has 0 amide bonds. The van der Waals surface area contributed by atoms with Crippen LogP contribution in [-0.4, -0.2) is 23.8 Å². The van der Waals surface area contributed by atoms with Crippen LogP contribution in [0.1, 0.15) is 5.56 Å². The fourth-order valence-corrected chi connectivity index (χ4v) is 2.03. The topological polar surface area (TPSA) is 105 Å². The van der Waals surface area contributed by atoms with Crippen LogP contribution in [0.25, 0.3) is 11.0 Å². The van der Waals surface area contributed by atoms with E-state index in [-0.39, 0.29) is 23.3 Å². The first-order chi connectivity index (χ1) is 8.35. The Morgan fingerprint density at radius 2 is 1.94 bits per heavy atom. The molecule has 18 heavy (non-hydrogen) atoms. The van der Waals surface area contributed by atoms with E-state index in [0.717, 1.165) is 0 Å². The van der Waals surface area contributed by atoms with E-state index < -0.39 is 21.5 Å². The second kappa shape index (κ2) is 4.43. The average Bonchev–Trinajstić information content (AvgIpc) is 2.25. The molecule has 0 saturated carbocycles. The molecule has 1 aromatic carbocycles. The Balaban J connectivity index is 2.44. The molecule has 2 rings (SSSR count).